The van der Waals surface area contributed by atoms with Gasteiger partial charge in [0.05, 0.1) is 18.8 Å². The second-order valence-corrected chi connectivity index (χ2v) is 4.94. The van der Waals surface area contributed by atoms with Crippen LogP contribution >= 0.6 is 0 Å². The Kier molecular flexibility index (Phi) is 3.32. The highest BCUT2D eigenvalue weighted by Gasteiger charge is 2.34. The van der Waals surface area contributed by atoms with Crippen molar-refractivity contribution in [1.29, 1.82) is 0 Å². The number of morpholine rings is 1. The molecule has 0 spiro atoms. The standard InChI is InChI=1S/C13H20N4O/c1-14-13-15-7-6-12(16-13)17-8-9-18-11-5-3-2-4-10(11)17/h6-7,10-11H,2-5,8-9H2,1H3,(H,14,15,16). The normalized spacial score (nSPS) is 27.7. The molecule has 1 N–H and O–H groups in total. The van der Waals surface area contributed by atoms with Gasteiger partial charge >= 0.3 is 0 Å². The molecule has 98 valence electrons. The fraction of sp³-hybridized carbons (Fsp3) is 0.692. The van der Waals surface area contributed by atoms with Gasteiger partial charge in [-0.05, 0) is 18.9 Å². The molecule has 1 aliphatic carbocycles. The van der Waals surface area contributed by atoms with Crippen LogP contribution in [0.3, 0.4) is 0 Å². The predicted molar refractivity (Wildman–Crippen MR) is 70.9 cm³/mol. The molecule has 1 aromatic heterocycles. The number of fused-ring (bicyclic) bond motifs is 1. The number of nitrogens with zero attached hydrogens (tertiary/aromatic N) is 3. The van der Waals surface area contributed by atoms with Gasteiger partial charge in [0.25, 0.3) is 0 Å². The molecular weight excluding hydrogens is 228 g/mol. The maximum absolute atomic E-state index is 5.89. The van der Waals surface area contributed by atoms with Crippen LogP contribution in [-0.2, 0) is 4.74 Å². The first-order chi connectivity index (χ1) is 8.88. The molecule has 3 rings (SSSR count). The van der Waals surface area contributed by atoms with Crippen LogP contribution < -0.4 is 10.2 Å². The minimum absolute atomic E-state index is 0.389. The molecule has 0 amide bonds. The molecule has 2 unspecified atom stereocenters. The van der Waals surface area contributed by atoms with E-state index in [1.54, 1.807) is 0 Å². The Bertz CT molecular complexity index is 410. The van der Waals surface area contributed by atoms with Crippen LogP contribution in [0.1, 0.15) is 25.7 Å². The molecule has 18 heavy (non-hydrogen) atoms. The summed E-state index contributed by atoms with van der Waals surface area (Å²) in [7, 11) is 1.85. The van der Waals surface area contributed by atoms with Gasteiger partial charge in [0, 0.05) is 19.8 Å². The van der Waals surface area contributed by atoms with Gasteiger partial charge in [0.2, 0.25) is 5.95 Å². The van der Waals surface area contributed by atoms with Crippen molar-refractivity contribution in [3.8, 4) is 0 Å². The number of nitrogens with one attached hydrogen (secondary N) is 1. The van der Waals surface area contributed by atoms with Crippen LogP contribution in [0.2, 0.25) is 0 Å². The van der Waals surface area contributed by atoms with Crippen LogP contribution in [0.25, 0.3) is 0 Å². The average molecular weight is 248 g/mol. The smallest absolute Gasteiger partial charge is 0.224 e. The first kappa shape index (κ1) is 11.7. The van der Waals surface area contributed by atoms with Crippen molar-refractivity contribution < 1.29 is 4.74 Å². The first-order valence-electron chi connectivity index (χ1n) is 6.77. The van der Waals surface area contributed by atoms with Gasteiger partial charge in [-0.1, -0.05) is 12.8 Å². The second kappa shape index (κ2) is 5.10. The molecule has 2 atom stereocenters. The van der Waals surface area contributed by atoms with Crippen molar-refractivity contribution in [2.75, 3.05) is 30.4 Å². The third-order valence-electron chi connectivity index (χ3n) is 3.89. The molecule has 1 aliphatic heterocycles. The summed E-state index contributed by atoms with van der Waals surface area (Å²) in [6.45, 7) is 1.74. The lowest BCUT2D eigenvalue weighted by Gasteiger charge is -2.44. The molecule has 2 heterocycles. The lowest BCUT2D eigenvalue weighted by atomic mass is 9.90. The summed E-state index contributed by atoms with van der Waals surface area (Å²) in [5, 5.41) is 3.00. The Morgan fingerprint density at radius 3 is 3.17 bits per heavy atom. The largest absolute Gasteiger partial charge is 0.374 e. The number of rotatable bonds is 2. The summed E-state index contributed by atoms with van der Waals surface area (Å²) in [5.41, 5.74) is 0. The third-order valence-corrected chi connectivity index (χ3v) is 3.89. The highest BCUT2D eigenvalue weighted by molar-refractivity contribution is 5.44. The molecule has 5 heteroatoms. The van der Waals surface area contributed by atoms with Crippen LogP contribution in [0.15, 0.2) is 12.3 Å². The van der Waals surface area contributed by atoms with E-state index < -0.39 is 0 Å². The quantitative estimate of drug-likeness (QED) is 0.862. The molecule has 2 aliphatic rings. The Balaban J connectivity index is 1.84. The van der Waals surface area contributed by atoms with Gasteiger partial charge in [0.1, 0.15) is 5.82 Å². The van der Waals surface area contributed by atoms with Gasteiger partial charge in [-0.2, -0.15) is 4.98 Å². The van der Waals surface area contributed by atoms with Gasteiger partial charge in [-0.3, -0.25) is 0 Å². The number of anilines is 2. The zero-order chi connectivity index (χ0) is 12.4. The number of hydrogen-bond donors (Lipinski definition) is 1. The Morgan fingerprint density at radius 1 is 1.39 bits per heavy atom. The van der Waals surface area contributed by atoms with Crippen molar-refractivity contribution >= 4 is 11.8 Å². The zero-order valence-corrected chi connectivity index (χ0v) is 10.8. The maximum Gasteiger partial charge on any atom is 0.224 e. The predicted octanol–water partition coefficient (Wildman–Crippen LogP) is 1.67. The van der Waals surface area contributed by atoms with Gasteiger partial charge < -0.3 is 15.0 Å². The average Bonchev–Trinajstić information content (AvgIpc) is 2.47. The number of hydrogen-bond acceptors (Lipinski definition) is 5. The van der Waals surface area contributed by atoms with E-state index in [-0.39, 0.29) is 0 Å². The summed E-state index contributed by atoms with van der Waals surface area (Å²) in [5.74, 6) is 1.71. The fourth-order valence-corrected chi connectivity index (χ4v) is 3.01. The Hall–Kier alpha value is -1.36. The highest BCUT2D eigenvalue weighted by Crippen LogP contribution is 2.31. The molecule has 0 aromatic carbocycles. The SMILES string of the molecule is CNc1nccc(N2CCOC3CCCCC32)n1. The molecule has 1 aromatic rings. The van der Waals surface area contributed by atoms with Crippen molar-refractivity contribution in [1.82, 2.24) is 9.97 Å². The fourth-order valence-electron chi connectivity index (χ4n) is 3.01. The van der Waals surface area contributed by atoms with E-state index in [1.807, 2.05) is 19.3 Å². The minimum atomic E-state index is 0.389. The molecule has 2 fully saturated rings. The first-order valence-corrected chi connectivity index (χ1v) is 6.77. The van der Waals surface area contributed by atoms with Crippen LogP contribution in [0.5, 0.6) is 0 Å². The van der Waals surface area contributed by atoms with Crippen molar-refractivity contribution in [3.63, 3.8) is 0 Å². The third kappa shape index (κ3) is 2.14. The lowest BCUT2D eigenvalue weighted by Crippen LogP contribution is -2.53. The maximum atomic E-state index is 5.89. The van der Waals surface area contributed by atoms with E-state index in [1.165, 1.54) is 25.7 Å². The topological polar surface area (TPSA) is 50.3 Å². The molecule has 1 saturated carbocycles. The van der Waals surface area contributed by atoms with Gasteiger partial charge in [-0.15, -0.1) is 0 Å². The van der Waals surface area contributed by atoms with Crippen LogP contribution in [-0.4, -0.2) is 42.3 Å². The van der Waals surface area contributed by atoms with E-state index in [0.717, 1.165) is 19.0 Å². The molecule has 0 bridgehead atoms. The molecule has 1 saturated heterocycles. The monoisotopic (exact) mass is 248 g/mol. The van der Waals surface area contributed by atoms with Gasteiger partial charge in [0.15, 0.2) is 0 Å². The molecule has 5 nitrogen and oxygen atoms in total. The Labute approximate surface area is 108 Å². The Morgan fingerprint density at radius 2 is 2.28 bits per heavy atom. The summed E-state index contributed by atoms with van der Waals surface area (Å²) < 4.78 is 5.89. The van der Waals surface area contributed by atoms with E-state index in [9.17, 15) is 0 Å². The highest BCUT2D eigenvalue weighted by atomic mass is 16.5. The number of ether oxygens (including phenoxy) is 1. The van der Waals surface area contributed by atoms with Crippen molar-refractivity contribution in [3.05, 3.63) is 12.3 Å². The summed E-state index contributed by atoms with van der Waals surface area (Å²) in [4.78, 5) is 11.1. The second-order valence-electron chi connectivity index (χ2n) is 4.94. The minimum Gasteiger partial charge on any atom is -0.374 e. The van der Waals surface area contributed by atoms with E-state index in [2.05, 4.69) is 20.2 Å². The van der Waals surface area contributed by atoms with E-state index >= 15 is 0 Å². The summed E-state index contributed by atoms with van der Waals surface area (Å²) in [6.07, 6.45) is 7.20. The lowest BCUT2D eigenvalue weighted by molar-refractivity contribution is -0.00898. The van der Waals surface area contributed by atoms with Crippen molar-refractivity contribution in [2.24, 2.45) is 0 Å². The van der Waals surface area contributed by atoms with E-state index in [0.29, 0.717) is 18.1 Å². The molecule has 0 radical (unpaired) electrons. The van der Waals surface area contributed by atoms with Crippen molar-refractivity contribution in [2.45, 2.75) is 37.8 Å². The van der Waals surface area contributed by atoms with Crippen LogP contribution in [0, 0.1) is 0 Å². The van der Waals surface area contributed by atoms with Crippen LogP contribution in [0.4, 0.5) is 11.8 Å². The zero-order valence-electron chi connectivity index (χ0n) is 10.8. The summed E-state index contributed by atoms with van der Waals surface area (Å²) >= 11 is 0. The van der Waals surface area contributed by atoms with Gasteiger partial charge in [-0.25, -0.2) is 4.98 Å². The van der Waals surface area contributed by atoms with E-state index in [4.69, 9.17) is 4.74 Å². The molecular formula is C13H20N4O. The summed E-state index contributed by atoms with van der Waals surface area (Å²) in [6, 6.07) is 2.49. The number of aromatic nitrogens is 2.